The molecule has 0 saturated carbocycles. The van der Waals surface area contributed by atoms with Gasteiger partial charge in [-0.2, -0.15) is 4.72 Å². The normalized spacial score (nSPS) is 19.4. The Morgan fingerprint density at radius 1 is 1.00 bits per heavy atom. The van der Waals surface area contributed by atoms with Crippen LogP contribution >= 0.6 is 34.3 Å². The molecule has 12 heteroatoms. The Morgan fingerprint density at radius 2 is 1.71 bits per heavy atom. The molecule has 2 saturated heterocycles. The average molecular weight is 647 g/mol. The number of nitrogens with one attached hydrogen (secondary N) is 2. The maximum Gasteiger partial charge on any atom is 0.250 e. The topological polar surface area (TPSA) is 98.8 Å². The van der Waals surface area contributed by atoms with E-state index in [-0.39, 0.29) is 28.6 Å². The SMILES string of the molecule is C=CCc1ccc(CNC[C@@H]2CCCN2C(=O)CN2CCC[C@H](NS(=O)(=O)c3ccc(-c4ccc(Cl)s4)s3)C2=O)cc1. The second kappa shape index (κ2) is 13.8. The third-order valence-electron chi connectivity index (χ3n) is 7.63. The molecule has 2 N–H and O–H groups in total. The summed E-state index contributed by atoms with van der Waals surface area (Å²) >= 11 is 8.54. The lowest BCUT2D eigenvalue weighted by molar-refractivity contribution is -0.143. The van der Waals surface area contributed by atoms with Gasteiger partial charge >= 0.3 is 0 Å². The van der Waals surface area contributed by atoms with Crippen LogP contribution in [0.15, 0.2) is 65.4 Å². The fourth-order valence-electron chi connectivity index (χ4n) is 5.47. The second-order valence-corrected chi connectivity index (χ2v) is 15.4. The molecule has 2 aliphatic heterocycles. The molecule has 8 nitrogen and oxygen atoms in total. The van der Waals surface area contributed by atoms with E-state index in [2.05, 4.69) is 40.9 Å². The summed E-state index contributed by atoms with van der Waals surface area (Å²) in [6, 6.07) is 14.5. The summed E-state index contributed by atoms with van der Waals surface area (Å²) < 4.78 is 29.7. The standard InChI is InChI=1S/C30H35ClN4O4S3/c1-2-5-21-8-10-22(11-9-21)18-32-19-23-6-3-17-35(23)28(36)20-34-16-4-7-24(30(34)37)33-42(38,39)29-15-13-26(41-29)25-12-14-27(31)40-25/h2,8-15,23-24,32-33H,1,3-7,16-20H2/t23-,24-/m0/s1. The first-order valence-corrected chi connectivity index (χ1v) is 17.6. The molecule has 0 spiro atoms. The van der Waals surface area contributed by atoms with E-state index < -0.39 is 16.1 Å². The minimum absolute atomic E-state index is 0.0411. The molecule has 1 aromatic carbocycles. The number of benzene rings is 1. The predicted octanol–water partition coefficient (Wildman–Crippen LogP) is 4.91. The Labute approximate surface area is 260 Å². The molecule has 2 amide bonds. The summed E-state index contributed by atoms with van der Waals surface area (Å²) in [5, 5.41) is 3.48. The fraction of sp³-hybridized carbons (Fsp3) is 0.400. The molecule has 3 aromatic rings. The zero-order valence-corrected chi connectivity index (χ0v) is 26.5. The van der Waals surface area contributed by atoms with Crippen molar-refractivity contribution in [2.24, 2.45) is 0 Å². The average Bonchev–Trinajstić information content (AvgIpc) is 3.73. The Hall–Kier alpha value is -2.54. The van der Waals surface area contributed by atoms with E-state index in [1.165, 1.54) is 27.4 Å². The lowest BCUT2D eigenvalue weighted by Gasteiger charge is -2.34. The van der Waals surface area contributed by atoms with E-state index in [1.54, 1.807) is 18.2 Å². The van der Waals surface area contributed by atoms with E-state index >= 15 is 0 Å². The van der Waals surface area contributed by atoms with Crippen LogP contribution in [0.1, 0.15) is 36.8 Å². The van der Waals surface area contributed by atoms with Crippen LogP contribution < -0.4 is 10.0 Å². The number of carbonyl (C=O) groups excluding carboxylic acids is 2. The summed E-state index contributed by atoms with van der Waals surface area (Å²) in [4.78, 5) is 31.6. The summed E-state index contributed by atoms with van der Waals surface area (Å²) in [5.41, 5.74) is 2.41. The lowest BCUT2D eigenvalue weighted by atomic mass is 10.1. The van der Waals surface area contributed by atoms with E-state index in [4.69, 9.17) is 11.6 Å². The minimum Gasteiger partial charge on any atom is -0.337 e. The van der Waals surface area contributed by atoms with E-state index in [1.807, 2.05) is 17.0 Å². The van der Waals surface area contributed by atoms with Crippen LogP contribution in [-0.4, -0.2) is 68.3 Å². The van der Waals surface area contributed by atoms with Gasteiger partial charge in [0, 0.05) is 42.0 Å². The zero-order valence-electron chi connectivity index (χ0n) is 23.3. The highest BCUT2D eigenvalue weighted by Crippen LogP contribution is 2.37. The molecule has 0 radical (unpaired) electrons. The van der Waals surface area contributed by atoms with Gasteiger partial charge in [0.25, 0.3) is 10.0 Å². The molecule has 0 bridgehead atoms. The summed E-state index contributed by atoms with van der Waals surface area (Å²) in [6.07, 6.45) is 5.58. The van der Waals surface area contributed by atoms with Crippen LogP contribution in [0.2, 0.25) is 4.34 Å². The van der Waals surface area contributed by atoms with E-state index in [0.717, 1.165) is 40.4 Å². The molecule has 2 fully saturated rings. The number of carbonyl (C=O) groups is 2. The maximum atomic E-state index is 13.3. The van der Waals surface area contributed by atoms with Crippen LogP contribution in [0.5, 0.6) is 0 Å². The number of rotatable bonds is 12. The Morgan fingerprint density at radius 3 is 2.45 bits per heavy atom. The van der Waals surface area contributed by atoms with Crippen LogP contribution in [0.25, 0.3) is 9.75 Å². The van der Waals surface area contributed by atoms with Crippen molar-refractivity contribution >= 4 is 56.1 Å². The van der Waals surface area contributed by atoms with Gasteiger partial charge in [-0.05, 0) is 67.5 Å². The molecule has 2 atom stereocenters. The number of thiophene rings is 2. The van der Waals surface area contributed by atoms with E-state index in [0.29, 0.717) is 43.4 Å². The lowest BCUT2D eigenvalue weighted by Crippen LogP contribution is -2.55. The molecule has 224 valence electrons. The predicted molar refractivity (Wildman–Crippen MR) is 169 cm³/mol. The van der Waals surface area contributed by atoms with Gasteiger partial charge in [-0.15, -0.1) is 29.3 Å². The number of sulfonamides is 1. The second-order valence-electron chi connectivity index (χ2n) is 10.6. The fourth-order valence-corrected chi connectivity index (χ4v) is 9.15. The third-order valence-corrected chi connectivity index (χ3v) is 12.1. The molecule has 0 unspecified atom stereocenters. The van der Waals surface area contributed by atoms with Crippen molar-refractivity contribution in [1.29, 1.82) is 0 Å². The molecular weight excluding hydrogens is 612 g/mol. The zero-order chi connectivity index (χ0) is 29.7. The quantitative estimate of drug-likeness (QED) is 0.273. The van der Waals surface area contributed by atoms with Gasteiger partial charge < -0.3 is 15.1 Å². The Balaban J connectivity index is 1.14. The van der Waals surface area contributed by atoms with Gasteiger partial charge in [0.1, 0.15) is 10.3 Å². The van der Waals surface area contributed by atoms with Crippen molar-refractivity contribution in [3.8, 4) is 9.75 Å². The third kappa shape index (κ3) is 7.50. The molecule has 4 heterocycles. The number of allylic oxidation sites excluding steroid dienone is 1. The maximum absolute atomic E-state index is 13.3. The van der Waals surface area contributed by atoms with Gasteiger partial charge in [-0.3, -0.25) is 9.59 Å². The van der Waals surface area contributed by atoms with Gasteiger partial charge in [0.2, 0.25) is 11.8 Å². The highest BCUT2D eigenvalue weighted by molar-refractivity contribution is 7.91. The van der Waals surface area contributed by atoms with Gasteiger partial charge in [0.05, 0.1) is 10.9 Å². The van der Waals surface area contributed by atoms with Crippen LogP contribution in [0, 0.1) is 0 Å². The van der Waals surface area contributed by atoms with E-state index in [9.17, 15) is 18.0 Å². The van der Waals surface area contributed by atoms with Crippen molar-refractivity contribution in [3.63, 3.8) is 0 Å². The van der Waals surface area contributed by atoms with Crippen molar-refractivity contribution in [2.75, 3.05) is 26.2 Å². The number of halogens is 1. The highest BCUT2D eigenvalue weighted by Gasteiger charge is 2.36. The number of amides is 2. The largest absolute Gasteiger partial charge is 0.337 e. The molecule has 42 heavy (non-hydrogen) atoms. The molecular formula is C30H35ClN4O4S3. The molecule has 0 aliphatic carbocycles. The van der Waals surface area contributed by atoms with Crippen LogP contribution in [0.4, 0.5) is 0 Å². The van der Waals surface area contributed by atoms with Crippen LogP contribution in [-0.2, 0) is 32.6 Å². The summed E-state index contributed by atoms with van der Waals surface area (Å²) in [7, 11) is -3.90. The smallest absolute Gasteiger partial charge is 0.250 e. The van der Waals surface area contributed by atoms with Crippen molar-refractivity contribution in [2.45, 2.75) is 54.9 Å². The number of hydrogen-bond acceptors (Lipinski definition) is 7. The molecule has 2 aromatic heterocycles. The summed E-state index contributed by atoms with van der Waals surface area (Å²) in [6.45, 7) is 6.22. The first-order valence-electron chi connectivity index (χ1n) is 14.1. The van der Waals surface area contributed by atoms with Crippen molar-refractivity contribution < 1.29 is 18.0 Å². The summed E-state index contributed by atoms with van der Waals surface area (Å²) in [5.74, 6) is -0.448. The molecule has 2 aliphatic rings. The number of nitrogens with zero attached hydrogens (tertiary/aromatic N) is 2. The monoisotopic (exact) mass is 646 g/mol. The molecule has 5 rings (SSSR count). The van der Waals surface area contributed by atoms with Crippen molar-refractivity contribution in [1.82, 2.24) is 19.8 Å². The number of piperidine rings is 1. The first kappa shape index (κ1) is 30.9. The highest BCUT2D eigenvalue weighted by atomic mass is 35.5. The number of hydrogen-bond donors (Lipinski definition) is 2. The van der Waals surface area contributed by atoms with Gasteiger partial charge in [-0.25, -0.2) is 8.42 Å². The Kier molecular flexibility index (Phi) is 10.2. The van der Waals surface area contributed by atoms with Gasteiger partial charge in [0.15, 0.2) is 0 Å². The number of likely N-dealkylation sites (tertiary alicyclic amines) is 2. The van der Waals surface area contributed by atoms with Crippen LogP contribution in [0.3, 0.4) is 0 Å². The first-order chi connectivity index (χ1) is 20.2. The van der Waals surface area contributed by atoms with Gasteiger partial charge in [-0.1, -0.05) is 41.9 Å². The van der Waals surface area contributed by atoms with Crippen molar-refractivity contribution in [3.05, 3.63) is 76.6 Å². The minimum atomic E-state index is -3.90. The Bertz CT molecular complexity index is 1520.